The van der Waals surface area contributed by atoms with Crippen molar-refractivity contribution in [2.45, 2.75) is 38.3 Å². The number of esters is 1. The van der Waals surface area contributed by atoms with E-state index in [2.05, 4.69) is 6.92 Å². The third-order valence-corrected chi connectivity index (χ3v) is 4.45. The lowest BCUT2D eigenvalue weighted by atomic mass is 9.66. The smallest absolute Gasteiger partial charge is 0.334 e. The van der Waals surface area contributed by atoms with E-state index in [0.29, 0.717) is 6.61 Å². The predicted octanol–water partition coefficient (Wildman–Crippen LogP) is 2.56. The fraction of sp³-hybridized carbons (Fsp3) is 0.438. The zero-order chi connectivity index (χ0) is 13.5. The molecule has 3 rings (SSSR count). The lowest BCUT2D eigenvalue weighted by molar-refractivity contribution is -0.141. The van der Waals surface area contributed by atoms with Crippen LogP contribution in [0.1, 0.15) is 31.7 Å². The van der Waals surface area contributed by atoms with Gasteiger partial charge in [-0.05, 0) is 24.8 Å². The molecule has 0 bridgehead atoms. The molecule has 0 radical (unpaired) electrons. The van der Waals surface area contributed by atoms with Crippen LogP contribution in [-0.4, -0.2) is 11.5 Å². The fourth-order valence-corrected chi connectivity index (χ4v) is 2.72. The minimum atomic E-state index is -0.203. The third-order valence-electron chi connectivity index (χ3n) is 4.45. The van der Waals surface area contributed by atoms with Crippen molar-refractivity contribution in [1.29, 1.82) is 0 Å². The molecule has 3 heteroatoms. The molecule has 0 saturated heterocycles. The van der Waals surface area contributed by atoms with Crippen molar-refractivity contribution in [2.75, 3.05) is 0 Å². The van der Waals surface area contributed by atoms with E-state index in [4.69, 9.17) is 10.5 Å². The molecule has 0 aromatic heterocycles. The van der Waals surface area contributed by atoms with Crippen LogP contribution in [-0.2, 0) is 16.1 Å². The first kappa shape index (κ1) is 12.4. The van der Waals surface area contributed by atoms with E-state index >= 15 is 0 Å². The zero-order valence-corrected chi connectivity index (χ0v) is 11.2. The summed E-state index contributed by atoms with van der Waals surface area (Å²) in [6.45, 7) is 2.47. The molecule has 1 aromatic rings. The lowest BCUT2D eigenvalue weighted by Gasteiger charge is -2.41. The number of nitrogens with two attached hydrogens (primary N) is 1. The van der Waals surface area contributed by atoms with Gasteiger partial charge in [-0.3, -0.25) is 0 Å². The Morgan fingerprint density at radius 3 is 2.53 bits per heavy atom. The van der Waals surface area contributed by atoms with E-state index in [1.807, 2.05) is 36.4 Å². The van der Waals surface area contributed by atoms with Crippen molar-refractivity contribution < 1.29 is 9.53 Å². The first-order valence-electron chi connectivity index (χ1n) is 6.74. The van der Waals surface area contributed by atoms with Crippen molar-refractivity contribution in [3.63, 3.8) is 0 Å². The Kier molecular flexibility index (Phi) is 2.75. The first-order valence-corrected chi connectivity index (χ1v) is 6.74. The normalized spacial score (nSPS) is 27.2. The molecule has 1 fully saturated rings. The minimum Gasteiger partial charge on any atom is -0.457 e. The molecule has 2 aliphatic rings. The molecule has 1 atom stereocenters. The summed E-state index contributed by atoms with van der Waals surface area (Å²) in [5.41, 5.74) is 7.92. The molecule has 1 aromatic carbocycles. The van der Waals surface area contributed by atoms with Gasteiger partial charge in [0, 0.05) is 16.5 Å². The standard InChI is InChI=1S/C16H19NO2/c1-15(16(17)7-8-16)9-13(10-15)14(18)19-11-12-5-3-2-4-6-12/h2-6,9H,7-8,10-11,17H2,1H3. The second kappa shape index (κ2) is 4.20. The maximum atomic E-state index is 11.9. The van der Waals surface area contributed by atoms with Gasteiger partial charge in [-0.25, -0.2) is 4.79 Å². The van der Waals surface area contributed by atoms with Crippen LogP contribution in [0.2, 0.25) is 0 Å². The van der Waals surface area contributed by atoms with Gasteiger partial charge < -0.3 is 10.5 Å². The van der Waals surface area contributed by atoms with Crippen molar-refractivity contribution in [2.24, 2.45) is 11.1 Å². The Hall–Kier alpha value is -1.61. The van der Waals surface area contributed by atoms with E-state index in [9.17, 15) is 4.79 Å². The third kappa shape index (κ3) is 2.19. The van der Waals surface area contributed by atoms with Crippen molar-refractivity contribution in [3.05, 3.63) is 47.5 Å². The van der Waals surface area contributed by atoms with Crippen LogP contribution in [0.25, 0.3) is 0 Å². The summed E-state index contributed by atoms with van der Waals surface area (Å²) >= 11 is 0. The summed E-state index contributed by atoms with van der Waals surface area (Å²) in [4.78, 5) is 11.9. The number of carbonyl (C=O) groups is 1. The van der Waals surface area contributed by atoms with Crippen LogP contribution in [0.5, 0.6) is 0 Å². The lowest BCUT2D eigenvalue weighted by Crippen LogP contribution is -2.46. The quantitative estimate of drug-likeness (QED) is 0.843. The molecule has 3 nitrogen and oxygen atoms in total. The number of ether oxygens (including phenoxy) is 1. The number of carbonyl (C=O) groups excluding carboxylic acids is 1. The Balaban J connectivity index is 1.57. The number of benzene rings is 1. The molecule has 1 unspecified atom stereocenters. The second-order valence-electron chi connectivity index (χ2n) is 5.98. The molecule has 0 spiro atoms. The van der Waals surface area contributed by atoms with Gasteiger partial charge in [0.05, 0.1) is 0 Å². The summed E-state index contributed by atoms with van der Waals surface area (Å²) in [5.74, 6) is -0.203. The average molecular weight is 257 g/mol. The molecule has 19 heavy (non-hydrogen) atoms. The minimum absolute atomic E-state index is 0.00585. The molecule has 0 heterocycles. The van der Waals surface area contributed by atoms with Gasteiger partial charge in [-0.15, -0.1) is 0 Å². The van der Waals surface area contributed by atoms with Gasteiger partial charge in [0.2, 0.25) is 0 Å². The SMILES string of the molecule is CC1(C2(N)CC2)C=C(C(=O)OCc2ccccc2)C1. The van der Waals surface area contributed by atoms with Gasteiger partial charge >= 0.3 is 5.97 Å². The summed E-state index contributed by atoms with van der Waals surface area (Å²) in [7, 11) is 0. The Labute approximate surface area is 113 Å². The van der Waals surface area contributed by atoms with Crippen LogP contribution in [0.15, 0.2) is 42.0 Å². The van der Waals surface area contributed by atoms with Crippen molar-refractivity contribution in [1.82, 2.24) is 0 Å². The average Bonchev–Trinajstić information content (AvgIpc) is 3.13. The van der Waals surface area contributed by atoms with E-state index in [1.54, 1.807) is 0 Å². The molecule has 0 aliphatic heterocycles. The Morgan fingerprint density at radius 1 is 1.32 bits per heavy atom. The largest absolute Gasteiger partial charge is 0.457 e. The Morgan fingerprint density at radius 2 is 1.95 bits per heavy atom. The molecule has 100 valence electrons. The maximum Gasteiger partial charge on any atom is 0.334 e. The predicted molar refractivity (Wildman–Crippen MR) is 73.2 cm³/mol. The second-order valence-corrected chi connectivity index (χ2v) is 5.98. The maximum absolute atomic E-state index is 11.9. The van der Waals surface area contributed by atoms with Gasteiger partial charge in [-0.2, -0.15) is 0 Å². The Bertz CT molecular complexity index is 531. The highest BCUT2D eigenvalue weighted by Crippen LogP contribution is 2.56. The highest BCUT2D eigenvalue weighted by atomic mass is 16.5. The molecular formula is C16H19NO2. The monoisotopic (exact) mass is 257 g/mol. The van der Waals surface area contributed by atoms with Crippen molar-refractivity contribution in [3.8, 4) is 0 Å². The first-order chi connectivity index (χ1) is 9.02. The van der Waals surface area contributed by atoms with Crippen molar-refractivity contribution >= 4 is 5.97 Å². The molecule has 1 saturated carbocycles. The fourth-order valence-electron chi connectivity index (χ4n) is 2.72. The molecular weight excluding hydrogens is 238 g/mol. The van der Waals surface area contributed by atoms with Gasteiger partial charge in [0.1, 0.15) is 6.61 Å². The summed E-state index contributed by atoms with van der Waals surface area (Å²) in [6, 6.07) is 9.72. The summed E-state index contributed by atoms with van der Waals surface area (Å²) < 4.78 is 5.31. The van der Waals surface area contributed by atoms with Crippen LogP contribution >= 0.6 is 0 Å². The van der Waals surface area contributed by atoms with Crippen LogP contribution in [0, 0.1) is 5.41 Å². The molecule has 2 aliphatic carbocycles. The highest BCUT2D eigenvalue weighted by molar-refractivity contribution is 5.90. The van der Waals surface area contributed by atoms with Gasteiger partial charge in [0.25, 0.3) is 0 Å². The number of hydrogen-bond donors (Lipinski definition) is 1. The van der Waals surface area contributed by atoms with E-state index in [-0.39, 0.29) is 16.9 Å². The zero-order valence-electron chi connectivity index (χ0n) is 11.2. The number of rotatable bonds is 4. The van der Waals surface area contributed by atoms with E-state index < -0.39 is 0 Å². The van der Waals surface area contributed by atoms with Gasteiger partial charge in [-0.1, -0.05) is 43.3 Å². The van der Waals surface area contributed by atoms with Crippen LogP contribution in [0.3, 0.4) is 0 Å². The summed E-state index contributed by atoms with van der Waals surface area (Å²) in [6.07, 6.45) is 4.88. The van der Waals surface area contributed by atoms with E-state index in [0.717, 1.165) is 30.4 Å². The van der Waals surface area contributed by atoms with E-state index in [1.165, 1.54) is 0 Å². The highest BCUT2D eigenvalue weighted by Gasteiger charge is 2.57. The summed E-state index contributed by atoms with van der Waals surface area (Å²) in [5, 5.41) is 0. The molecule has 0 amide bonds. The van der Waals surface area contributed by atoms with Crippen LogP contribution < -0.4 is 5.73 Å². The number of hydrogen-bond acceptors (Lipinski definition) is 3. The topological polar surface area (TPSA) is 52.3 Å². The molecule has 2 N–H and O–H groups in total. The van der Waals surface area contributed by atoms with Crippen LogP contribution in [0.4, 0.5) is 0 Å². The van der Waals surface area contributed by atoms with Gasteiger partial charge in [0.15, 0.2) is 0 Å².